The molecule has 5 nitrogen and oxygen atoms in total. The maximum atomic E-state index is 12.4. The van der Waals surface area contributed by atoms with Gasteiger partial charge in [0.1, 0.15) is 24.7 Å². The van der Waals surface area contributed by atoms with E-state index in [0.29, 0.717) is 17.9 Å². The third kappa shape index (κ3) is 4.30. The van der Waals surface area contributed by atoms with Gasteiger partial charge in [0.15, 0.2) is 0 Å². The number of carbonyl (C=O) groups is 1. The number of pyridine rings is 1. The molecular weight excluding hydrogens is 330 g/mol. The SMILES string of the molecule is CCOc1ccc(OCCOC(=O)c2cc(C)nc3ccccc23)cc1. The molecule has 0 atom stereocenters. The van der Waals surface area contributed by atoms with Crippen molar-refractivity contribution in [2.24, 2.45) is 0 Å². The number of esters is 1. The van der Waals surface area contributed by atoms with Crippen molar-refractivity contribution in [2.45, 2.75) is 13.8 Å². The first-order valence-corrected chi connectivity index (χ1v) is 8.56. The monoisotopic (exact) mass is 351 g/mol. The number of para-hydroxylation sites is 1. The van der Waals surface area contributed by atoms with E-state index >= 15 is 0 Å². The van der Waals surface area contributed by atoms with Crippen molar-refractivity contribution < 1.29 is 19.0 Å². The van der Waals surface area contributed by atoms with Gasteiger partial charge in [0, 0.05) is 11.1 Å². The Bertz CT molecular complexity index is 890. The highest BCUT2D eigenvalue weighted by Gasteiger charge is 2.13. The van der Waals surface area contributed by atoms with Gasteiger partial charge in [-0.3, -0.25) is 4.98 Å². The van der Waals surface area contributed by atoms with Gasteiger partial charge in [-0.05, 0) is 50.2 Å². The Morgan fingerprint density at radius 1 is 0.962 bits per heavy atom. The number of fused-ring (bicyclic) bond motifs is 1. The Labute approximate surface area is 152 Å². The molecule has 134 valence electrons. The molecular formula is C21H21NO4. The fourth-order valence-electron chi connectivity index (χ4n) is 2.65. The third-order valence-corrected chi connectivity index (χ3v) is 3.78. The summed E-state index contributed by atoms with van der Waals surface area (Å²) in [7, 11) is 0. The van der Waals surface area contributed by atoms with Crippen LogP contribution in [0.3, 0.4) is 0 Å². The number of rotatable bonds is 7. The van der Waals surface area contributed by atoms with Crippen LogP contribution in [0, 0.1) is 6.92 Å². The summed E-state index contributed by atoms with van der Waals surface area (Å²) in [5, 5.41) is 0.788. The summed E-state index contributed by atoms with van der Waals surface area (Å²) < 4.78 is 16.3. The molecule has 0 aliphatic heterocycles. The van der Waals surface area contributed by atoms with Crippen LogP contribution in [0.15, 0.2) is 54.6 Å². The number of benzene rings is 2. The molecule has 0 spiro atoms. The molecule has 0 unspecified atom stereocenters. The van der Waals surface area contributed by atoms with Crippen LogP contribution in [-0.2, 0) is 4.74 Å². The molecule has 0 fully saturated rings. The van der Waals surface area contributed by atoms with Gasteiger partial charge in [0.05, 0.1) is 17.7 Å². The summed E-state index contributed by atoms with van der Waals surface area (Å²) in [6.45, 7) is 4.87. The molecule has 0 bridgehead atoms. The van der Waals surface area contributed by atoms with Crippen LogP contribution in [0.5, 0.6) is 11.5 Å². The Morgan fingerprint density at radius 2 is 1.65 bits per heavy atom. The summed E-state index contributed by atoms with van der Waals surface area (Å²) in [4.78, 5) is 16.8. The lowest BCUT2D eigenvalue weighted by Gasteiger charge is -2.10. The lowest BCUT2D eigenvalue weighted by molar-refractivity contribution is 0.0452. The van der Waals surface area contributed by atoms with Gasteiger partial charge in [-0.1, -0.05) is 18.2 Å². The average molecular weight is 351 g/mol. The number of nitrogens with zero attached hydrogens (tertiary/aromatic N) is 1. The van der Waals surface area contributed by atoms with Gasteiger partial charge >= 0.3 is 5.97 Å². The lowest BCUT2D eigenvalue weighted by atomic mass is 10.1. The van der Waals surface area contributed by atoms with Crippen molar-refractivity contribution in [2.75, 3.05) is 19.8 Å². The molecule has 0 N–H and O–H groups in total. The summed E-state index contributed by atoms with van der Waals surface area (Å²) in [6, 6.07) is 16.6. The van der Waals surface area contributed by atoms with Crippen LogP contribution in [-0.4, -0.2) is 30.8 Å². The Morgan fingerprint density at radius 3 is 2.38 bits per heavy atom. The molecule has 3 aromatic rings. The van der Waals surface area contributed by atoms with E-state index in [1.165, 1.54) is 0 Å². The van der Waals surface area contributed by atoms with E-state index in [-0.39, 0.29) is 19.2 Å². The van der Waals surface area contributed by atoms with Crippen molar-refractivity contribution >= 4 is 16.9 Å². The molecule has 0 radical (unpaired) electrons. The first-order chi connectivity index (χ1) is 12.7. The molecule has 26 heavy (non-hydrogen) atoms. The largest absolute Gasteiger partial charge is 0.494 e. The second kappa shape index (κ2) is 8.34. The Hall–Kier alpha value is -3.08. The topological polar surface area (TPSA) is 57.7 Å². The number of carbonyl (C=O) groups excluding carboxylic acids is 1. The molecule has 1 aromatic heterocycles. The van der Waals surface area contributed by atoms with E-state index < -0.39 is 0 Å². The standard InChI is InChI=1S/C21H21NO4/c1-3-24-16-8-10-17(11-9-16)25-12-13-26-21(23)19-14-15(2)22-20-7-5-4-6-18(19)20/h4-11,14H,3,12-13H2,1-2H3. The van der Waals surface area contributed by atoms with Crippen LogP contribution in [0.25, 0.3) is 10.9 Å². The number of aryl methyl sites for hydroxylation is 1. The predicted octanol–water partition coefficient (Wildman–Crippen LogP) is 4.18. The summed E-state index contributed by atoms with van der Waals surface area (Å²) in [5.74, 6) is 1.13. The van der Waals surface area contributed by atoms with Crippen molar-refractivity contribution in [1.29, 1.82) is 0 Å². The molecule has 0 amide bonds. The maximum Gasteiger partial charge on any atom is 0.339 e. The van der Waals surface area contributed by atoms with Crippen LogP contribution < -0.4 is 9.47 Å². The van der Waals surface area contributed by atoms with E-state index in [1.54, 1.807) is 6.07 Å². The van der Waals surface area contributed by atoms with Crippen LogP contribution in [0.4, 0.5) is 0 Å². The van der Waals surface area contributed by atoms with Gasteiger partial charge in [0.25, 0.3) is 0 Å². The van der Waals surface area contributed by atoms with Crippen LogP contribution in [0.2, 0.25) is 0 Å². The number of aromatic nitrogens is 1. The molecule has 0 saturated heterocycles. The molecule has 1 heterocycles. The highest BCUT2D eigenvalue weighted by atomic mass is 16.6. The van der Waals surface area contributed by atoms with Crippen LogP contribution >= 0.6 is 0 Å². The predicted molar refractivity (Wildman–Crippen MR) is 99.9 cm³/mol. The Balaban J connectivity index is 1.56. The smallest absolute Gasteiger partial charge is 0.339 e. The zero-order valence-corrected chi connectivity index (χ0v) is 14.9. The minimum Gasteiger partial charge on any atom is -0.494 e. The van der Waals surface area contributed by atoms with Crippen molar-refractivity contribution in [3.63, 3.8) is 0 Å². The zero-order chi connectivity index (χ0) is 18.4. The summed E-state index contributed by atoms with van der Waals surface area (Å²) in [5.41, 5.74) is 2.08. The molecule has 5 heteroatoms. The van der Waals surface area contributed by atoms with E-state index in [0.717, 1.165) is 22.3 Å². The third-order valence-electron chi connectivity index (χ3n) is 3.78. The van der Waals surface area contributed by atoms with E-state index in [2.05, 4.69) is 4.98 Å². The molecule has 2 aromatic carbocycles. The number of hydrogen-bond acceptors (Lipinski definition) is 5. The second-order valence-corrected chi connectivity index (χ2v) is 5.72. The fraction of sp³-hybridized carbons (Fsp3) is 0.238. The molecule has 0 aliphatic carbocycles. The number of ether oxygens (including phenoxy) is 3. The fourth-order valence-corrected chi connectivity index (χ4v) is 2.65. The zero-order valence-electron chi connectivity index (χ0n) is 14.9. The van der Waals surface area contributed by atoms with Crippen molar-refractivity contribution in [1.82, 2.24) is 4.98 Å². The Kier molecular flexibility index (Phi) is 5.69. The minimum atomic E-state index is -0.373. The molecule has 0 saturated carbocycles. The lowest BCUT2D eigenvalue weighted by Crippen LogP contribution is -2.13. The second-order valence-electron chi connectivity index (χ2n) is 5.72. The van der Waals surface area contributed by atoms with Crippen LogP contribution in [0.1, 0.15) is 23.0 Å². The molecule has 3 rings (SSSR count). The first kappa shape index (κ1) is 17.7. The quantitative estimate of drug-likeness (QED) is 0.472. The van der Waals surface area contributed by atoms with Crippen molar-refractivity contribution in [3.8, 4) is 11.5 Å². The van der Waals surface area contributed by atoms with E-state index in [1.807, 2.05) is 62.4 Å². The van der Waals surface area contributed by atoms with Gasteiger partial charge in [0.2, 0.25) is 0 Å². The number of hydrogen-bond donors (Lipinski definition) is 0. The van der Waals surface area contributed by atoms with Gasteiger partial charge in [-0.15, -0.1) is 0 Å². The first-order valence-electron chi connectivity index (χ1n) is 8.56. The normalized spacial score (nSPS) is 10.5. The van der Waals surface area contributed by atoms with E-state index in [4.69, 9.17) is 14.2 Å². The van der Waals surface area contributed by atoms with Gasteiger partial charge < -0.3 is 14.2 Å². The summed E-state index contributed by atoms with van der Waals surface area (Å²) in [6.07, 6.45) is 0. The van der Waals surface area contributed by atoms with E-state index in [9.17, 15) is 4.79 Å². The minimum absolute atomic E-state index is 0.168. The molecule has 0 aliphatic rings. The summed E-state index contributed by atoms with van der Waals surface area (Å²) >= 11 is 0. The van der Waals surface area contributed by atoms with Gasteiger partial charge in [-0.2, -0.15) is 0 Å². The average Bonchev–Trinajstić information content (AvgIpc) is 2.66. The van der Waals surface area contributed by atoms with Gasteiger partial charge in [-0.25, -0.2) is 4.79 Å². The maximum absolute atomic E-state index is 12.4. The van der Waals surface area contributed by atoms with Crippen molar-refractivity contribution in [3.05, 3.63) is 65.9 Å². The highest BCUT2D eigenvalue weighted by Crippen LogP contribution is 2.20. The highest BCUT2D eigenvalue weighted by molar-refractivity contribution is 6.03.